The van der Waals surface area contributed by atoms with E-state index in [1.54, 1.807) is 44.6 Å². The van der Waals surface area contributed by atoms with Gasteiger partial charge in [0.25, 0.3) is 5.91 Å². The third-order valence-corrected chi connectivity index (χ3v) is 4.98. The number of hydrogen-bond acceptors (Lipinski definition) is 6. The van der Waals surface area contributed by atoms with Gasteiger partial charge in [0.1, 0.15) is 11.5 Å². The van der Waals surface area contributed by atoms with Gasteiger partial charge in [0, 0.05) is 24.2 Å². The van der Waals surface area contributed by atoms with Crippen LogP contribution in [0.5, 0.6) is 11.5 Å². The highest BCUT2D eigenvalue weighted by Gasteiger charge is 2.14. The maximum absolute atomic E-state index is 12.7. The standard InChI is InChI=1S/C23H26N4O4S/c1-30-17-11-15(12-18(14-17)31-2)7-8-16-13-21(27-26-16)25-23(29)19-5-3-4-6-20(19)24-22(28)9-10-32/h3-6,11-14,32H,7-10H2,1-2H3,(H,24,28)(H2,25,26,27,29). The molecule has 168 valence electrons. The van der Waals surface area contributed by atoms with Gasteiger partial charge in [-0.15, -0.1) is 0 Å². The number of hydrogen-bond donors (Lipinski definition) is 4. The smallest absolute Gasteiger partial charge is 0.258 e. The van der Waals surface area contributed by atoms with E-state index in [0.29, 0.717) is 29.2 Å². The first kappa shape index (κ1) is 23.2. The molecule has 3 N–H and O–H groups in total. The van der Waals surface area contributed by atoms with Crippen LogP contribution in [-0.2, 0) is 17.6 Å². The summed E-state index contributed by atoms with van der Waals surface area (Å²) in [4.78, 5) is 24.6. The van der Waals surface area contributed by atoms with Crippen LogP contribution >= 0.6 is 12.6 Å². The summed E-state index contributed by atoms with van der Waals surface area (Å²) in [5, 5.41) is 12.6. The van der Waals surface area contributed by atoms with Crippen LogP contribution in [0.1, 0.15) is 28.0 Å². The number of benzene rings is 2. The first-order valence-electron chi connectivity index (χ1n) is 10.1. The number of rotatable bonds is 10. The predicted octanol–water partition coefficient (Wildman–Crippen LogP) is 3.72. The molecule has 0 radical (unpaired) electrons. The minimum atomic E-state index is -0.359. The fourth-order valence-corrected chi connectivity index (χ4v) is 3.33. The van der Waals surface area contributed by atoms with Crippen molar-refractivity contribution in [2.75, 3.05) is 30.6 Å². The van der Waals surface area contributed by atoms with E-state index in [1.807, 2.05) is 18.2 Å². The molecule has 0 unspecified atom stereocenters. The van der Waals surface area contributed by atoms with Crippen molar-refractivity contribution < 1.29 is 19.1 Å². The molecule has 3 rings (SSSR count). The summed E-state index contributed by atoms with van der Waals surface area (Å²) in [6.07, 6.45) is 1.69. The number of thiol groups is 1. The Hall–Kier alpha value is -3.46. The maximum atomic E-state index is 12.7. The number of carbonyl (C=O) groups excluding carboxylic acids is 2. The van der Waals surface area contributed by atoms with E-state index in [1.165, 1.54) is 0 Å². The van der Waals surface area contributed by atoms with Gasteiger partial charge in [0.05, 0.1) is 25.5 Å². The molecule has 0 aliphatic carbocycles. The lowest BCUT2D eigenvalue weighted by Crippen LogP contribution is -2.18. The van der Waals surface area contributed by atoms with Crippen molar-refractivity contribution in [2.45, 2.75) is 19.3 Å². The zero-order chi connectivity index (χ0) is 22.9. The van der Waals surface area contributed by atoms with E-state index in [9.17, 15) is 9.59 Å². The molecular weight excluding hydrogens is 428 g/mol. The number of methoxy groups -OCH3 is 2. The van der Waals surface area contributed by atoms with Crippen LogP contribution in [0, 0.1) is 0 Å². The number of para-hydroxylation sites is 1. The molecule has 0 saturated heterocycles. The van der Waals surface area contributed by atoms with E-state index >= 15 is 0 Å². The molecule has 0 fully saturated rings. The van der Waals surface area contributed by atoms with Gasteiger partial charge in [-0.3, -0.25) is 14.7 Å². The molecule has 0 atom stereocenters. The van der Waals surface area contributed by atoms with Crippen LogP contribution in [0.3, 0.4) is 0 Å². The van der Waals surface area contributed by atoms with Gasteiger partial charge in [-0.05, 0) is 48.4 Å². The molecule has 2 amide bonds. The molecule has 0 aliphatic rings. The van der Waals surface area contributed by atoms with Crippen molar-refractivity contribution in [3.8, 4) is 11.5 Å². The van der Waals surface area contributed by atoms with Crippen LogP contribution in [-0.4, -0.2) is 42.0 Å². The fourth-order valence-electron chi connectivity index (χ4n) is 3.13. The van der Waals surface area contributed by atoms with Crippen LogP contribution < -0.4 is 20.1 Å². The zero-order valence-corrected chi connectivity index (χ0v) is 18.9. The molecular formula is C23H26N4O4S. The zero-order valence-electron chi connectivity index (χ0n) is 18.0. The van der Waals surface area contributed by atoms with Crippen molar-refractivity contribution in [2.24, 2.45) is 0 Å². The number of H-pyrrole nitrogens is 1. The van der Waals surface area contributed by atoms with Crippen LogP contribution in [0.25, 0.3) is 0 Å². The third-order valence-electron chi connectivity index (χ3n) is 4.75. The molecule has 2 aromatic carbocycles. The minimum absolute atomic E-state index is 0.198. The van der Waals surface area contributed by atoms with Gasteiger partial charge in [0.2, 0.25) is 5.91 Å². The van der Waals surface area contributed by atoms with Crippen LogP contribution in [0.15, 0.2) is 48.5 Å². The molecule has 1 heterocycles. The second-order valence-corrected chi connectivity index (χ2v) is 7.47. The van der Waals surface area contributed by atoms with Crippen molar-refractivity contribution in [1.29, 1.82) is 0 Å². The monoisotopic (exact) mass is 454 g/mol. The van der Waals surface area contributed by atoms with E-state index < -0.39 is 0 Å². The SMILES string of the molecule is COc1cc(CCc2cc(NC(=O)c3ccccc3NC(=O)CCS)n[nH]2)cc(OC)c1. The number of anilines is 2. The number of nitrogens with one attached hydrogen (secondary N) is 3. The number of amides is 2. The summed E-state index contributed by atoms with van der Waals surface area (Å²) >= 11 is 4.06. The van der Waals surface area contributed by atoms with Crippen molar-refractivity contribution in [3.63, 3.8) is 0 Å². The summed E-state index contributed by atoms with van der Waals surface area (Å²) < 4.78 is 10.6. The van der Waals surface area contributed by atoms with Gasteiger partial charge in [-0.25, -0.2) is 0 Å². The Bertz CT molecular complexity index is 1060. The number of nitrogens with zero attached hydrogens (tertiary/aromatic N) is 1. The Kier molecular flexibility index (Phi) is 8.15. The van der Waals surface area contributed by atoms with Crippen LogP contribution in [0.2, 0.25) is 0 Å². The first-order valence-corrected chi connectivity index (χ1v) is 10.7. The predicted molar refractivity (Wildman–Crippen MR) is 127 cm³/mol. The summed E-state index contributed by atoms with van der Waals surface area (Å²) in [7, 11) is 3.23. The van der Waals surface area contributed by atoms with Crippen LogP contribution in [0.4, 0.5) is 11.5 Å². The van der Waals surface area contributed by atoms with Gasteiger partial charge in [-0.2, -0.15) is 17.7 Å². The molecule has 3 aromatic rings. The number of carbonyl (C=O) groups is 2. The topological polar surface area (TPSA) is 105 Å². The van der Waals surface area contributed by atoms with E-state index in [-0.39, 0.29) is 18.2 Å². The molecule has 0 bridgehead atoms. The Balaban J connectivity index is 1.63. The summed E-state index contributed by atoms with van der Waals surface area (Å²) in [5.74, 6) is 1.75. The first-order chi connectivity index (χ1) is 15.5. The average molecular weight is 455 g/mol. The highest BCUT2D eigenvalue weighted by atomic mass is 32.1. The Morgan fingerprint density at radius 1 is 1.00 bits per heavy atom. The average Bonchev–Trinajstić information content (AvgIpc) is 3.25. The Morgan fingerprint density at radius 3 is 2.41 bits per heavy atom. The Labute approximate surface area is 192 Å². The molecule has 0 saturated carbocycles. The number of aromatic nitrogens is 2. The molecule has 8 nitrogen and oxygen atoms in total. The third kappa shape index (κ3) is 6.27. The van der Waals surface area contributed by atoms with Gasteiger partial charge in [0.15, 0.2) is 5.82 Å². The molecule has 1 aromatic heterocycles. The normalized spacial score (nSPS) is 10.5. The molecule has 0 spiro atoms. The van der Waals surface area contributed by atoms with Crippen molar-refractivity contribution in [1.82, 2.24) is 10.2 Å². The molecule has 9 heteroatoms. The second-order valence-electron chi connectivity index (χ2n) is 7.02. The van der Waals surface area contributed by atoms with E-state index in [4.69, 9.17) is 9.47 Å². The fraction of sp³-hybridized carbons (Fsp3) is 0.261. The van der Waals surface area contributed by atoms with Gasteiger partial charge < -0.3 is 20.1 Å². The number of aromatic amines is 1. The molecule has 32 heavy (non-hydrogen) atoms. The largest absolute Gasteiger partial charge is 0.497 e. The van der Waals surface area contributed by atoms with Crippen molar-refractivity contribution in [3.05, 3.63) is 65.4 Å². The lowest BCUT2D eigenvalue weighted by atomic mass is 10.1. The highest BCUT2D eigenvalue weighted by Crippen LogP contribution is 2.24. The second kappa shape index (κ2) is 11.2. The number of aryl methyl sites for hydroxylation is 2. The highest BCUT2D eigenvalue weighted by molar-refractivity contribution is 7.80. The quantitative estimate of drug-likeness (QED) is 0.350. The van der Waals surface area contributed by atoms with Gasteiger partial charge in [-0.1, -0.05) is 12.1 Å². The minimum Gasteiger partial charge on any atom is -0.497 e. The maximum Gasteiger partial charge on any atom is 0.258 e. The molecule has 0 aliphatic heterocycles. The summed E-state index contributed by atoms with van der Waals surface area (Å²) in [5.41, 5.74) is 2.73. The lowest BCUT2D eigenvalue weighted by molar-refractivity contribution is -0.115. The summed E-state index contributed by atoms with van der Waals surface area (Å²) in [6.45, 7) is 0. The summed E-state index contributed by atoms with van der Waals surface area (Å²) in [6, 6.07) is 14.4. The van der Waals surface area contributed by atoms with Gasteiger partial charge >= 0.3 is 0 Å². The lowest BCUT2D eigenvalue weighted by Gasteiger charge is -2.10. The number of ether oxygens (including phenoxy) is 2. The Morgan fingerprint density at radius 2 is 1.72 bits per heavy atom. The van der Waals surface area contributed by atoms with E-state index in [2.05, 4.69) is 33.5 Å². The van der Waals surface area contributed by atoms with E-state index in [0.717, 1.165) is 29.2 Å². The van der Waals surface area contributed by atoms with Crippen molar-refractivity contribution >= 4 is 35.9 Å².